The molecule has 0 saturated heterocycles. The summed E-state index contributed by atoms with van der Waals surface area (Å²) in [6.07, 6.45) is 4.42. The fraction of sp³-hybridized carbons (Fsp3) is 0.500. The molecule has 0 aliphatic heterocycles. The molecule has 1 nitrogen and oxygen atoms in total. The van der Waals surface area contributed by atoms with E-state index in [4.69, 9.17) is 0 Å². The van der Waals surface area contributed by atoms with Gasteiger partial charge in [-0.05, 0) is 24.5 Å². The lowest BCUT2D eigenvalue weighted by Gasteiger charge is -2.12. The van der Waals surface area contributed by atoms with Gasteiger partial charge in [-0.3, -0.25) is 4.98 Å². The molecule has 0 radical (unpaired) electrons. The SMILES string of the molecule is CC(I)C1CCc2cccnc21. The highest BCUT2D eigenvalue weighted by Gasteiger charge is 2.26. The number of fused-ring (bicyclic) bond motifs is 1. The number of rotatable bonds is 1. The van der Waals surface area contributed by atoms with Crippen LogP contribution >= 0.6 is 22.6 Å². The molecule has 64 valence electrons. The molecule has 0 spiro atoms. The average Bonchev–Trinajstić information content (AvgIpc) is 2.47. The second-order valence-electron chi connectivity index (χ2n) is 3.37. The van der Waals surface area contributed by atoms with Gasteiger partial charge in [0.2, 0.25) is 0 Å². The number of hydrogen-bond donors (Lipinski definition) is 0. The van der Waals surface area contributed by atoms with E-state index in [1.165, 1.54) is 24.1 Å². The van der Waals surface area contributed by atoms with Gasteiger partial charge in [0.05, 0.1) is 0 Å². The molecular weight excluding hydrogens is 261 g/mol. The van der Waals surface area contributed by atoms with Crippen molar-refractivity contribution < 1.29 is 0 Å². The van der Waals surface area contributed by atoms with Gasteiger partial charge in [-0.25, -0.2) is 0 Å². The number of aromatic nitrogens is 1. The summed E-state index contributed by atoms with van der Waals surface area (Å²) in [5.74, 6) is 0.696. The Bertz CT molecular complexity index is 283. The maximum absolute atomic E-state index is 4.46. The molecule has 1 aromatic rings. The molecule has 2 rings (SSSR count). The predicted molar refractivity (Wildman–Crippen MR) is 58.8 cm³/mol. The Morgan fingerprint density at radius 1 is 1.67 bits per heavy atom. The van der Waals surface area contributed by atoms with Gasteiger partial charge in [0.25, 0.3) is 0 Å². The Kier molecular flexibility index (Phi) is 2.35. The minimum absolute atomic E-state index is 0.696. The van der Waals surface area contributed by atoms with Crippen LogP contribution in [-0.4, -0.2) is 8.91 Å². The lowest BCUT2D eigenvalue weighted by Crippen LogP contribution is -2.05. The Morgan fingerprint density at radius 3 is 3.25 bits per heavy atom. The van der Waals surface area contributed by atoms with Crippen LogP contribution in [0.2, 0.25) is 0 Å². The fourth-order valence-electron chi connectivity index (χ4n) is 1.89. The Labute approximate surface area is 86.7 Å². The third-order valence-electron chi connectivity index (χ3n) is 2.56. The highest BCUT2D eigenvalue weighted by Crippen LogP contribution is 2.36. The Morgan fingerprint density at radius 2 is 2.50 bits per heavy atom. The van der Waals surface area contributed by atoms with Crippen LogP contribution in [0.4, 0.5) is 0 Å². The van der Waals surface area contributed by atoms with Gasteiger partial charge >= 0.3 is 0 Å². The smallest absolute Gasteiger partial charge is 0.0476 e. The van der Waals surface area contributed by atoms with Gasteiger partial charge < -0.3 is 0 Å². The third kappa shape index (κ3) is 1.37. The van der Waals surface area contributed by atoms with Crippen LogP contribution in [0.3, 0.4) is 0 Å². The van der Waals surface area contributed by atoms with E-state index in [2.05, 4.69) is 40.6 Å². The second-order valence-corrected chi connectivity index (χ2v) is 5.34. The van der Waals surface area contributed by atoms with E-state index >= 15 is 0 Å². The van der Waals surface area contributed by atoms with Crippen molar-refractivity contribution in [3.63, 3.8) is 0 Å². The maximum Gasteiger partial charge on any atom is 0.0476 e. The highest BCUT2D eigenvalue weighted by atomic mass is 127. The van der Waals surface area contributed by atoms with Crippen molar-refractivity contribution in [3.8, 4) is 0 Å². The van der Waals surface area contributed by atoms with Gasteiger partial charge in [0.1, 0.15) is 0 Å². The molecule has 2 atom stereocenters. The number of alkyl halides is 1. The number of aryl methyl sites for hydroxylation is 1. The van der Waals surface area contributed by atoms with E-state index in [0.29, 0.717) is 9.84 Å². The first-order valence-electron chi connectivity index (χ1n) is 4.37. The van der Waals surface area contributed by atoms with Crippen LogP contribution in [0.15, 0.2) is 18.3 Å². The molecule has 2 unspecified atom stereocenters. The van der Waals surface area contributed by atoms with E-state index in [1.807, 2.05) is 12.3 Å². The fourth-order valence-corrected chi connectivity index (χ4v) is 2.59. The van der Waals surface area contributed by atoms with E-state index in [1.54, 1.807) is 0 Å². The summed E-state index contributed by atoms with van der Waals surface area (Å²) in [5, 5.41) is 0. The van der Waals surface area contributed by atoms with Gasteiger partial charge in [0.15, 0.2) is 0 Å². The van der Waals surface area contributed by atoms with Crippen LogP contribution in [-0.2, 0) is 6.42 Å². The first kappa shape index (κ1) is 8.48. The molecule has 0 N–H and O–H groups in total. The van der Waals surface area contributed by atoms with Crippen molar-refractivity contribution in [2.75, 3.05) is 0 Å². The summed E-state index contributed by atoms with van der Waals surface area (Å²) < 4.78 is 0.707. The van der Waals surface area contributed by atoms with Crippen molar-refractivity contribution in [2.24, 2.45) is 0 Å². The van der Waals surface area contributed by atoms with E-state index < -0.39 is 0 Å². The van der Waals surface area contributed by atoms with Crippen LogP contribution in [0, 0.1) is 0 Å². The van der Waals surface area contributed by atoms with E-state index in [0.717, 1.165) is 0 Å². The minimum Gasteiger partial charge on any atom is -0.261 e. The summed E-state index contributed by atoms with van der Waals surface area (Å²) in [7, 11) is 0. The zero-order valence-electron chi connectivity index (χ0n) is 7.13. The molecule has 0 aromatic carbocycles. The summed E-state index contributed by atoms with van der Waals surface area (Å²) in [6, 6.07) is 4.25. The van der Waals surface area contributed by atoms with Crippen LogP contribution in [0.25, 0.3) is 0 Å². The number of halogens is 1. The number of pyridine rings is 1. The van der Waals surface area contributed by atoms with E-state index in [-0.39, 0.29) is 0 Å². The summed E-state index contributed by atoms with van der Waals surface area (Å²) in [5.41, 5.74) is 2.81. The van der Waals surface area contributed by atoms with Crippen molar-refractivity contribution in [1.29, 1.82) is 0 Å². The van der Waals surface area contributed by atoms with Gasteiger partial charge in [0, 0.05) is 21.7 Å². The molecule has 1 aliphatic carbocycles. The Hall–Kier alpha value is -0.120. The first-order valence-corrected chi connectivity index (χ1v) is 5.61. The van der Waals surface area contributed by atoms with Gasteiger partial charge in [-0.15, -0.1) is 0 Å². The standard InChI is InChI=1S/C10H12IN/c1-7(11)9-5-4-8-3-2-6-12-10(8)9/h2-3,6-7,9H,4-5H2,1H3. The summed E-state index contributed by atoms with van der Waals surface area (Å²) in [6.45, 7) is 2.27. The zero-order valence-corrected chi connectivity index (χ0v) is 9.28. The molecule has 1 aliphatic rings. The van der Waals surface area contributed by atoms with Crippen molar-refractivity contribution in [3.05, 3.63) is 29.6 Å². The molecule has 12 heavy (non-hydrogen) atoms. The molecule has 0 saturated carbocycles. The summed E-state index contributed by atoms with van der Waals surface area (Å²) >= 11 is 2.50. The maximum atomic E-state index is 4.46. The topological polar surface area (TPSA) is 12.9 Å². The van der Waals surface area contributed by atoms with Crippen molar-refractivity contribution in [2.45, 2.75) is 29.6 Å². The molecular formula is C10H12IN. The zero-order chi connectivity index (χ0) is 8.55. The molecule has 0 amide bonds. The number of hydrogen-bond acceptors (Lipinski definition) is 1. The minimum atomic E-state index is 0.696. The molecule has 0 fully saturated rings. The molecule has 0 bridgehead atoms. The average molecular weight is 273 g/mol. The summed E-state index contributed by atoms with van der Waals surface area (Å²) in [4.78, 5) is 4.46. The third-order valence-corrected chi connectivity index (χ3v) is 3.42. The monoisotopic (exact) mass is 273 g/mol. The number of nitrogens with zero attached hydrogens (tertiary/aromatic N) is 1. The highest BCUT2D eigenvalue weighted by molar-refractivity contribution is 14.1. The molecule has 1 aromatic heterocycles. The second kappa shape index (κ2) is 3.32. The van der Waals surface area contributed by atoms with E-state index in [9.17, 15) is 0 Å². The lowest BCUT2D eigenvalue weighted by molar-refractivity contribution is 0.672. The normalized spacial score (nSPS) is 23.7. The van der Waals surface area contributed by atoms with Crippen LogP contribution in [0.1, 0.15) is 30.5 Å². The lowest BCUT2D eigenvalue weighted by atomic mass is 10.0. The van der Waals surface area contributed by atoms with Gasteiger partial charge in [-0.1, -0.05) is 35.6 Å². The van der Waals surface area contributed by atoms with Crippen LogP contribution < -0.4 is 0 Å². The molecule has 1 heterocycles. The largest absolute Gasteiger partial charge is 0.261 e. The van der Waals surface area contributed by atoms with Gasteiger partial charge in [-0.2, -0.15) is 0 Å². The first-order chi connectivity index (χ1) is 5.79. The Balaban J connectivity index is 2.36. The predicted octanol–water partition coefficient (Wildman–Crippen LogP) is 2.93. The van der Waals surface area contributed by atoms with Crippen molar-refractivity contribution >= 4 is 22.6 Å². The van der Waals surface area contributed by atoms with Crippen molar-refractivity contribution in [1.82, 2.24) is 4.98 Å². The van der Waals surface area contributed by atoms with Crippen LogP contribution in [0.5, 0.6) is 0 Å². The molecule has 2 heteroatoms. The quantitative estimate of drug-likeness (QED) is 0.566.